The normalized spacial score (nSPS) is 15.4. The van der Waals surface area contributed by atoms with Crippen LogP contribution in [0.15, 0.2) is 60.0 Å². The third-order valence-corrected chi connectivity index (χ3v) is 6.64. The Hall–Kier alpha value is -3.13. The number of amides is 2. The Morgan fingerprint density at radius 3 is 2.67 bits per heavy atom. The number of carbonyl (C=O) groups is 2. The summed E-state index contributed by atoms with van der Waals surface area (Å²) in [7, 11) is -3.91. The molecule has 2 aliphatic rings. The first-order valence-corrected chi connectivity index (χ1v) is 11.3. The fraction of sp³-hybridized carbons (Fsp3) is 0.273. The second-order valence-corrected chi connectivity index (χ2v) is 9.14. The van der Waals surface area contributed by atoms with Crippen molar-refractivity contribution in [1.82, 2.24) is 5.32 Å². The van der Waals surface area contributed by atoms with Crippen LogP contribution in [0.5, 0.6) is 0 Å². The van der Waals surface area contributed by atoms with Crippen molar-refractivity contribution in [2.75, 3.05) is 22.7 Å². The van der Waals surface area contributed by atoms with Crippen molar-refractivity contribution in [2.45, 2.75) is 24.2 Å². The zero-order valence-electron chi connectivity index (χ0n) is 16.4. The summed E-state index contributed by atoms with van der Waals surface area (Å²) in [5.74, 6) is -0.150. The van der Waals surface area contributed by atoms with Crippen molar-refractivity contribution in [3.05, 3.63) is 66.2 Å². The first kappa shape index (κ1) is 20.2. The molecule has 0 unspecified atom stereocenters. The van der Waals surface area contributed by atoms with E-state index in [0.29, 0.717) is 13.0 Å². The number of hydrogen-bond donors (Lipinski definition) is 2. The molecule has 2 amide bonds. The number of nitrogens with one attached hydrogen (secondary N) is 2. The van der Waals surface area contributed by atoms with Crippen LogP contribution >= 0.6 is 0 Å². The van der Waals surface area contributed by atoms with Gasteiger partial charge >= 0.3 is 0 Å². The van der Waals surface area contributed by atoms with Gasteiger partial charge in [0.25, 0.3) is 15.9 Å². The Balaban J connectivity index is 1.58. The third kappa shape index (κ3) is 3.95. The molecule has 0 atom stereocenters. The maximum Gasteiger partial charge on any atom is 0.261 e. The Kier molecular flexibility index (Phi) is 5.34. The minimum atomic E-state index is -3.91. The molecule has 0 bridgehead atoms. The molecule has 0 radical (unpaired) electrons. The first-order valence-electron chi connectivity index (χ1n) is 9.86. The number of rotatable bonds is 7. The molecule has 2 aromatic carbocycles. The van der Waals surface area contributed by atoms with E-state index in [2.05, 4.69) is 16.6 Å². The third-order valence-electron chi connectivity index (χ3n) is 5.27. The van der Waals surface area contributed by atoms with Gasteiger partial charge in [-0.15, -0.1) is 6.58 Å². The number of anilines is 2. The first-order chi connectivity index (χ1) is 14.4. The second kappa shape index (κ2) is 7.95. The number of hydrogen-bond acceptors (Lipinski definition) is 4. The summed E-state index contributed by atoms with van der Waals surface area (Å²) in [5, 5.41) is 2.65. The highest BCUT2D eigenvalue weighted by atomic mass is 32.2. The molecule has 1 saturated carbocycles. The largest absolute Gasteiger partial charge is 0.349 e. The molecule has 4 rings (SSSR count). The van der Waals surface area contributed by atoms with Crippen molar-refractivity contribution in [1.29, 1.82) is 0 Å². The summed E-state index contributed by atoms with van der Waals surface area (Å²) >= 11 is 0. The van der Waals surface area contributed by atoms with E-state index in [-0.39, 0.29) is 34.5 Å². The topological polar surface area (TPSA) is 95.6 Å². The summed E-state index contributed by atoms with van der Waals surface area (Å²) in [6, 6.07) is 11.2. The van der Waals surface area contributed by atoms with Crippen molar-refractivity contribution < 1.29 is 18.0 Å². The molecule has 0 saturated heterocycles. The lowest BCUT2D eigenvalue weighted by molar-refractivity contribution is -0.119. The molecule has 156 valence electrons. The van der Waals surface area contributed by atoms with Crippen LogP contribution in [0.25, 0.3) is 0 Å². The van der Waals surface area contributed by atoms with Gasteiger partial charge in [0.2, 0.25) is 5.91 Å². The Morgan fingerprint density at radius 2 is 1.93 bits per heavy atom. The smallest absolute Gasteiger partial charge is 0.261 e. The monoisotopic (exact) mass is 425 g/mol. The van der Waals surface area contributed by atoms with E-state index in [0.717, 1.165) is 24.1 Å². The molecule has 2 N–H and O–H groups in total. The summed E-state index contributed by atoms with van der Waals surface area (Å²) < 4.78 is 28.5. The van der Waals surface area contributed by atoms with E-state index in [4.69, 9.17) is 0 Å². The molecule has 30 heavy (non-hydrogen) atoms. The molecule has 0 spiro atoms. The maximum atomic E-state index is 13.0. The quantitative estimate of drug-likeness (QED) is 0.667. The molecule has 1 heterocycles. The molecule has 7 nitrogen and oxygen atoms in total. The highest BCUT2D eigenvalue weighted by Crippen LogP contribution is 2.37. The van der Waals surface area contributed by atoms with E-state index in [9.17, 15) is 18.0 Å². The Labute approximate surface area is 175 Å². The van der Waals surface area contributed by atoms with Gasteiger partial charge in [0, 0.05) is 24.7 Å². The molecule has 1 fully saturated rings. The average Bonchev–Trinajstić information content (AvgIpc) is 3.50. The van der Waals surface area contributed by atoms with Crippen molar-refractivity contribution in [2.24, 2.45) is 5.92 Å². The summed E-state index contributed by atoms with van der Waals surface area (Å²) in [4.78, 5) is 26.6. The van der Waals surface area contributed by atoms with E-state index in [1.807, 2.05) is 0 Å². The van der Waals surface area contributed by atoms with Gasteiger partial charge in [-0.1, -0.05) is 18.2 Å². The zero-order chi connectivity index (χ0) is 21.3. The average molecular weight is 426 g/mol. The van der Waals surface area contributed by atoms with Crippen molar-refractivity contribution >= 4 is 33.2 Å². The summed E-state index contributed by atoms with van der Waals surface area (Å²) in [5.41, 5.74) is 2.05. The Morgan fingerprint density at radius 1 is 1.17 bits per heavy atom. The standard InChI is InChI=1S/C22H23N3O4S/c1-2-12-23-21(26)18-5-3-4-6-19(18)24-30(28,29)17-9-10-20-16(14-17)11-13-25(20)22(27)15-7-8-15/h2-6,9-10,14-15,24H,1,7-8,11-13H2,(H,23,26). The maximum absolute atomic E-state index is 13.0. The van der Waals surface area contributed by atoms with Crippen LogP contribution in [-0.4, -0.2) is 33.3 Å². The van der Waals surface area contributed by atoms with Crippen LogP contribution < -0.4 is 14.9 Å². The number of benzene rings is 2. The van der Waals surface area contributed by atoms with Crippen molar-refractivity contribution in [3.8, 4) is 0 Å². The van der Waals surface area contributed by atoms with E-state index < -0.39 is 15.9 Å². The molecule has 1 aliphatic carbocycles. The molecule has 2 aromatic rings. The van der Waals surface area contributed by atoms with Crippen molar-refractivity contribution in [3.63, 3.8) is 0 Å². The van der Waals surface area contributed by atoms with Gasteiger partial charge < -0.3 is 10.2 Å². The second-order valence-electron chi connectivity index (χ2n) is 7.45. The number of fused-ring (bicyclic) bond motifs is 1. The molecular formula is C22H23N3O4S. The zero-order valence-corrected chi connectivity index (χ0v) is 17.2. The van der Waals surface area contributed by atoms with Gasteiger partial charge in [-0.25, -0.2) is 8.42 Å². The van der Waals surface area contributed by atoms with Gasteiger partial charge in [-0.3, -0.25) is 14.3 Å². The summed E-state index contributed by atoms with van der Waals surface area (Å²) in [6.45, 7) is 4.41. The van der Waals surface area contributed by atoms with Gasteiger partial charge in [0.05, 0.1) is 16.1 Å². The van der Waals surface area contributed by atoms with Crippen LogP contribution in [0.1, 0.15) is 28.8 Å². The SMILES string of the molecule is C=CCNC(=O)c1ccccc1NS(=O)(=O)c1ccc2c(c1)CCN2C(=O)C1CC1. The van der Waals surface area contributed by atoms with Crippen LogP contribution in [-0.2, 0) is 21.2 Å². The van der Waals surface area contributed by atoms with Crippen LogP contribution in [0.3, 0.4) is 0 Å². The van der Waals surface area contributed by atoms with Gasteiger partial charge in [0.1, 0.15) is 0 Å². The predicted octanol–water partition coefficient (Wildman–Crippen LogP) is 2.70. The minimum Gasteiger partial charge on any atom is -0.349 e. The van der Waals surface area contributed by atoms with Gasteiger partial charge in [0.15, 0.2) is 0 Å². The lowest BCUT2D eigenvalue weighted by Gasteiger charge is -2.17. The predicted molar refractivity (Wildman–Crippen MR) is 115 cm³/mol. The fourth-order valence-electron chi connectivity index (χ4n) is 3.56. The highest BCUT2D eigenvalue weighted by molar-refractivity contribution is 7.92. The van der Waals surface area contributed by atoms with Gasteiger partial charge in [-0.05, 0) is 55.2 Å². The number of sulfonamides is 1. The Bertz CT molecular complexity index is 1120. The van der Waals surface area contributed by atoms with E-state index in [1.54, 1.807) is 47.4 Å². The fourth-order valence-corrected chi connectivity index (χ4v) is 4.69. The lowest BCUT2D eigenvalue weighted by atomic mass is 10.1. The van der Waals surface area contributed by atoms with Crippen LogP contribution in [0.2, 0.25) is 0 Å². The molecular weight excluding hydrogens is 402 g/mol. The van der Waals surface area contributed by atoms with Crippen LogP contribution in [0.4, 0.5) is 11.4 Å². The number of para-hydroxylation sites is 1. The molecule has 0 aromatic heterocycles. The summed E-state index contributed by atoms with van der Waals surface area (Å²) in [6.07, 6.45) is 4.03. The molecule has 1 aliphatic heterocycles. The number of nitrogens with zero attached hydrogens (tertiary/aromatic N) is 1. The highest BCUT2D eigenvalue weighted by Gasteiger charge is 2.36. The minimum absolute atomic E-state index is 0.100. The van der Waals surface area contributed by atoms with Crippen LogP contribution in [0, 0.1) is 5.92 Å². The van der Waals surface area contributed by atoms with E-state index in [1.165, 1.54) is 6.07 Å². The van der Waals surface area contributed by atoms with Gasteiger partial charge in [-0.2, -0.15) is 0 Å². The lowest BCUT2D eigenvalue weighted by Crippen LogP contribution is -2.30. The molecule has 8 heteroatoms. The van der Waals surface area contributed by atoms with E-state index >= 15 is 0 Å². The number of carbonyl (C=O) groups excluding carboxylic acids is 2.